The quantitative estimate of drug-likeness (QED) is 0.140. The summed E-state index contributed by atoms with van der Waals surface area (Å²) in [5.41, 5.74) is 18.1. The van der Waals surface area contributed by atoms with Crippen molar-refractivity contribution < 1.29 is 0 Å². The number of nitrogens with zero attached hydrogens (tertiary/aromatic N) is 2. The molecule has 0 saturated heterocycles. The first-order valence-corrected chi connectivity index (χ1v) is 27.2. The standard InChI is InChI=1S/C75H54N2/c1-45-40-67(77(65-29-15-13-25-57(65)47-20-10-7-11-21-47)54-42-52-33-31-49-23-17-27-61-70(49)72(52)63(44-54)75(61,4)5)59-36-34-50-35-39-66(58-38-37-55(45)73(59)68(50)58)76(64-28-14-12-24-56(64)46-18-8-6-9-19-46)53-41-51-32-30-48-22-16-26-60-69(48)71(51)62(43-53)74(60,2)3/h6-44H,1-5H3. The van der Waals surface area contributed by atoms with Crippen molar-refractivity contribution >= 4 is 110 Å². The Morgan fingerprint density at radius 2 is 0.688 bits per heavy atom. The molecular formula is C75H54N2. The van der Waals surface area contributed by atoms with Crippen LogP contribution in [0.4, 0.5) is 34.1 Å². The van der Waals surface area contributed by atoms with Crippen molar-refractivity contribution in [1.29, 1.82) is 0 Å². The normalized spacial score (nSPS) is 14.0. The second kappa shape index (κ2) is 15.9. The molecule has 2 aliphatic carbocycles. The molecule has 0 atom stereocenters. The van der Waals surface area contributed by atoms with Gasteiger partial charge in [0.05, 0.1) is 22.7 Å². The lowest BCUT2D eigenvalue weighted by atomic mass is 9.81. The van der Waals surface area contributed by atoms with E-state index in [9.17, 15) is 0 Å². The number of anilines is 6. The van der Waals surface area contributed by atoms with Crippen LogP contribution in [0.25, 0.3) is 97.7 Å². The molecule has 0 amide bonds. The van der Waals surface area contributed by atoms with E-state index in [1.165, 1.54) is 125 Å². The van der Waals surface area contributed by atoms with Crippen LogP contribution >= 0.6 is 0 Å². The minimum absolute atomic E-state index is 0.181. The first-order chi connectivity index (χ1) is 37.6. The van der Waals surface area contributed by atoms with Crippen LogP contribution < -0.4 is 9.80 Å². The third-order valence-corrected chi connectivity index (χ3v) is 18.0. The summed E-state index contributed by atoms with van der Waals surface area (Å²) < 4.78 is 0. The Morgan fingerprint density at radius 1 is 0.273 bits per heavy atom. The summed E-state index contributed by atoms with van der Waals surface area (Å²) in [6, 6.07) is 89.5. The van der Waals surface area contributed by atoms with Gasteiger partial charge in [0.25, 0.3) is 0 Å². The highest BCUT2D eigenvalue weighted by molar-refractivity contribution is 6.29. The summed E-state index contributed by atoms with van der Waals surface area (Å²) in [7, 11) is 0. The van der Waals surface area contributed by atoms with Crippen molar-refractivity contribution in [2.75, 3.05) is 9.80 Å². The number of rotatable bonds is 8. The Balaban J connectivity index is 0.980. The van der Waals surface area contributed by atoms with Crippen LogP contribution in [0, 0.1) is 6.92 Å². The molecule has 16 rings (SSSR count). The summed E-state index contributed by atoms with van der Waals surface area (Å²) >= 11 is 0. The zero-order chi connectivity index (χ0) is 51.5. The maximum Gasteiger partial charge on any atom is 0.0543 e. The fraction of sp³-hybridized carbons (Fsp3) is 0.0933. The van der Waals surface area contributed by atoms with Gasteiger partial charge in [0, 0.05) is 44.1 Å². The van der Waals surface area contributed by atoms with Gasteiger partial charge in [-0.2, -0.15) is 0 Å². The average molecular weight is 983 g/mol. The van der Waals surface area contributed by atoms with Gasteiger partial charge in [-0.15, -0.1) is 0 Å². The zero-order valence-electron chi connectivity index (χ0n) is 43.9. The van der Waals surface area contributed by atoms with Crippen LogP contribution in [0.5, 0.6) is 0 Å². The molecule has 0 saturated carbocycles. The van der Waals surface area contributed by atoms with Gasteiger partial charge in [0.1, 0.15) is 0 Å². The van der Waals surface area contributed by atoms with Crippen LogP contribution in [0.2, 0.25) is 0 Å². The van der Waals surface area contributed by atoms with Crippen molar-refractivity contribution in [3.63, 3.8) is 0 Å². The molecule has 0 fully saturated rings. The molecule has 0 aromatic heterocycles. The molecule has 14 aromatic carbocycles. The fourth-order valence-electron chi connectivity index (χ4n) is 14.3. The molecule has 2 nitrogen and oxygen atoms in total. The van der Waals surface area contributed by atoms with E-state index in [2.05, 4.69) is 281 Å². The second-order valence-electron chi connectivity index (χ2n) is 22.9. The van der Waals surface area contributed by atoms with Crippen LogP contribution in [-0.4, -0.2) is 0 Å². The summed E-state index contributed by atoms with van der Waals surface area (Å²) in [5, 5.41) is 18.2. The van der Waals surface area contributed by atoms with Crippen LogP contribution in [0.15, 0.2) is 237 Å². The Morgan fingerprint density at radius 3 is 1.25 bits per heavy atom. The zero-order valence-corrected chi connectivity index (χ0v) is 43.9. The Kier molecular flexibility index (Phi) is 9.10. The van der Waals surface area contributed by atoms with E-state index in [0.29, 0.717) is 0 Å². The van der Waals surface area contributed by atoms with Gasteiger partial charge < -0.3 is 9.80 Å². The molecule has 77 heavy (non-hydrogen) atoms. The number of aryl methyl sites for hydroxylation is 1. The van der Waals surface area contributed by atoms with Gasteiger partial charge in [0.2, 0.25) is 0 Å². The minimum atomic E-state index is -0.183. The maximum atomic E-state index is 2.58. The first-order valence-electron chi connectivity index (χ1n) is 27.2. The number of hydrogen-bond donors (Lipinski definition) is 0. The number of para-hydroxylation sites is 2. The summed E-state index contributed by atoms with van der Waals surface area (Å²) in [4.78, 5) is 5.15. The van der Waals surface area contributed by atoms with E-state index in [1.807, 2.05) is 0 Å². The first kappa shape index (κ1) is 44.1. The minimum Gasteiger partial charge on any atom is -0.309 e. The lowest BCUT2D eigenvalue weighted by Gasteiger charge is -2.33. The molecule has 14 aromatic rings. The van der Waals surface area contributed by atoms with Crippen molar-refractivity contribution in [1.82, 2.24) is 0 Å². The molecule has 0 spiro atoms. The van der Waals surface area contributed by atoms with Crippen molar-refractivity contribution in [2.45, 2.75) is 45.4 Å². The molecule has 0 N–H and O–H groups in total. The summed E-state index contributed by atoms with van der Waals surface area (Å²) in [6.07, 6.45) is 0. The molecular weight excluding hydrogens is 929 g/mol. The average Bonchev–Trinajstić information content (AvgIpc) is 3.97. The summed E-state index contributed by atoms with van der Waals surface area (Å²) in [6.45, 7) is 11.9. The maximum absolute atomic E-state index is 2.58. The van der Waals surface area contributed by atoms with Crippen LogP contribution in [-0.2, 0) is 10.8 Å². The van der Waals surface area contributed by atoms with Gasteiger partial charge in [-0.3, -0.25) is 0 Å². The van der Waals surface area contributed by atoms with Gasteiger partial charge >= 0.3 is 0 Å². The monoisotopic (exact) mass is 982 g/mol. The molecule has 2 aliphatic rings. The lowest BCUT2D eigenvalue weighted by Crippen LogP contribution is -2.17. The topological polar surface area (TPSA) is 6.48 Å². The smallest absolute Gasteiger partial charge is 0.0543 e. The van der Waals surface area contributed by atoms with Crippen molar-refractivity contribution in [2.24, 2.45) is 0 Å². The van der Waals surface area contributed by atoms with Gasteiger partial charge in [-0.25, -0.2) is 0 Å². The molecule has 0 heterocycles. The third-order valence-electron chi connectivity index (χ3n) is 18.0. The van der Waals surface area contributed by atoms with E-state index < -0.39 is 0 Å². The van der Waals surface area contributed by atoms with Gasteiger partial charge in [-0.05, 0) is 159 Å². The van der Waals surface area contributed by atoms with Gasteiger partial charge in [0.15, 0.2) is 0 Å². The predicted octanol–water partition coefficient (Wildman–Crippen LogP) is 21.1. The van der Waals surface area contributed by atoms with Crippen molar-refractivity contribution in [3.05, 3.63) is 264 Å². The van der Waals surface area contributed by atoms with E-state index in [1.54, 1.807) is 0 Å². The Labute approximate surface area is 449 Å². The van der Waals surface area contributed by atoms with E-state index in [0.717, 1.165) is 34.1 Å². The van der Waals surface area contributed by atoms with Crippen molar-refractivity contribution in [3.8, 4) is 22.3 Å². The van der Waals surface area contributed by atoms with Crippen LogP contribution in [0.3, 0.4) is 0 Å². The third kappa shape index (κ3) is 6.13. The lowest BCUT2D eigenvalue weighted by molar-refractivity contribution is 0.662. The number of benzene rings is 14. The number of hydrogen-bond acceptors (Lipinski definition) is 2. The largest absolute Gasteiger partial charge is 0.309 e. The Bertz CT molecular complexity index is 4810. The molecule has 0 aliphatic heterocycles. The Hall–Kier alpha value is -9.24. The molecule has 2 heteroatoms. The van der Waals surface area contributed by atoms with E-state index >= 15 is 0 Å². The molecule has 0 radical (unpaired) electrons. The highest BCUT2D eigenvalue weighted by Crippen LogP contribution is 2.56. The van der Waals surface area contributed by atoms with E-state index in [4.69, 9.17) is 0 Å². The second-order valence-corrected chi connectivity index (χ2v) is 22.9. The van der Waals surface area contributed by atoms with Gasteiger partial charge in [-0.1, -0.05) is 216 Å². The molecule has 0 unspecified atom stereocenters. The highest BCUT2D eigenvalue weighted by Gasteiger charge is 2.37. The van der Waals surface area contributed by atoms with Crippen LogP contribution in [0.1, 0.15) is 55.5 Å². The molecule has 0 bridgehead atoms. The fourth-order valence-corrected chi connectivity index (χ4v) is 14.3. The highest BCUT2D eigenvalue weighted by atomic mass is 15.2. The van der Waals surface area contributed by atoms with E-state index in [-0.39, 0.29) is 10.8 Å². The summed E-state index contributed by atoms with van der Waals surface area (Å²) in [5.74, 6) is 0. The predicted molar refractivity (Wildman–Crippen MR) is 329 cm³/mol. The molecule has 364 valence electrons. The SMILES string of the molecule is Cc1cc(N(c2cc3c4c(ccc5cccc(c54)C3(C)C)c2)c2ccccc2-c2ccccc2)c2ccc3ccc(N(c4cc5c6c(ccc7cccc(c76)C5(C)C)c4)c4ccccc4-c4ccccc4)c4ccc1c2c34.